The summed E-state index contributed by atoms with van der Waals surface area (Å²) >= 11 is 1.58. The van der Waals surface area contributed by atoms with Gasteiger partial charge in [0.15, 0.2) is 0 Å². The number of nitriles is 1. The number of nitrogens with two attached hydrogens (primary N) is 2. The van der Waals surface area contributed by atoms with Crippen LogP contribution in [0.15, 0.2) is 82.9 Å². The van der Waals surface area contributed by atoms with Crippen LogP contribution < -0.4 is 17.0 Å². The Kier molecular flexibility index (Phi) is 7.76. The zero-order valence-corrected chi connectivity index (χ0v) is 21.1. The van der Waals surface area contributed by atoms with Crippen LogP contribution >= 0.6 is 11.8 Å². The molecule has 3 heterocycles. The van der Waals surface area contributed by atoms with Gasteiger partial charge in [-0.2, -0.15) is 10.2 Å². The summed E-state index contributed by atoms with van der Waals surface area (Å²) in [5, 5.41) is 9.92. The second-order valence-corrected chi connectivity index (χ2v) is 8.61. The number of hydrogen-bond acceptors (Lipinski definition) is 9. The fourth-order valence-corrected chi connectivity index (χ4v) is 4.19. The third-order valence-corrected chi connectivity index (χ3v) is 6.15. The van der Waals surface area contributed by atoms with E-state index < -0.39 is 0 Å². The SMILES string of the molecule is CCc1nc2cccc(-c3ccnc(SC)c3)c2c(=O)n1-c1ccccc1.N#Cc1cnc(N)nc1N. The first kappa shape index (κ1) is 25.3. The lowest BCUT2D eigenvalue weighted by molar-refractivity contribution is 0.833. The summed E-state index contributed by atoms with van der Waals surface area (Å²) in [6.45, 7) is 2.02. The minimum absolute atomic E-state index is 0.0406. The molecule has 184 valence electrons. The molecule has 10 heteroatoms. The van der Waals surface area contributed by atoms with E-state index in [1.165, 1.54) is 6.20 Å². The highest BCUT2D eigenvalue weighted by Crippen LogP contribution is 2.28. The Bertz CT molecular complexity index is 1660. The number of thioether (sulfide) groups is 1. The smallest absolute Gasteiger partial charge is 0.266 e. The third kappa shape index (κ3) is 5.42. The summed E-state index contributed by atoms with van der Waals surface area (Å²) in [5.74, 6) is 0.960. The number of nitrogens with zero attached hydrogens (tertiary/aromatic N) is 6. The maximum atomic E-state index is 13.6. The van der Waals surface area contributed by atoms with Crippen LogP contribution in [-0.2, 0) is 6.42 Å². The lowest BCUT2D eigenvalue weighted by atomic mass is 10.0. The quantitative estimate of drug-likeness (QED) is 0.340. The third-order valence-electron chi connectivity index (χ3n) is 5.51. The molecule has 0 fully saturated rings. The van der Waals surface area contributed by atoms with E-state index in [1.54, 1.807) is 22.5 Å². The van der Waals surface area contributed by atoms with Crippen molar-refractivity contribution in [2.24, 2.45) is 0 Å². The van der Waals surface area contributed by atoms with Gasteiger partial charge in [0.25, 0.3) is 5.56 Å². The first-order valence-corrected chi connectivity index (χ1v) is 12.6. The number of nitrogen functional groups attached to an aromatic ring is 2. The molecule has 5 aromatic rings. The largest absolute Gasteiger partial charge is 0.382 e. The normalized spacial score (nSPS) is 10.4. The number of anilines is 2. The molecule has 0 radical (unpaired) electrons. The Labute approximate surface area is 217 Å². The van der Waals surface area contributed by atoms with Gasteiger partial charge in [-0.05, 0) is 47.7 Å². The zero-order valence-electron chi connectivity index (χ0n) is 20.3. The molecule has 0 saturated heterocycles. The zero-order chi connectivity index (χ0) is 26.4. The van der Waals surface area contributed by atoms with Crippen molar-refractivity contribution in [2.45, 2.75) is 18.4 Å². The van der Waals surface area contributed by atoms with Gasteiger partial charge >= 0.3 is 0 Å². The fourth-order valence-electron chi connectivity index (χ4n) is 3.78. The number of aryl methyl sites for hydroxylation is 1. The van der Waals surface area contributed by atoms with Gasteiger partial charge in [0.2, 0.25) is 5.95 Å². The Balaban J connectivity index is 0.000000270. The predicted molar refractivity (Wildman–Crippen MR) is 147 cm³/mol. The molecule has 0 aliphatic carbocycles. The van der Waals surface area contributed by atoms with E-state index in [0.717, 1.165) is 33.2 Å². The topological polar surface area (TPSA) is 149 Å². The van der Waals surface area contributed by atoms with Crippen molar-refractivity contribution < 1.29 is 0 Å². The van der Waals surface area contributed by atoms with E-state index in [4.69, 9.17) is 21.7 Å². The number of pyridine rings is 1. The molecular weight excluding hydrogens is 484 g/mol. The van der Waals surface area contributed by atoms with Gasteiger partial charge in [0, 0.05) is 12.6 Å². The minimum Gasteiger partial charge on any atom is -0.382 e. The average molecular weight is 509 g/mol. The monoisotopic (exact) mass is 508 g/mol. The first-order chi connectivity index (χ1) is 18.0. The van der Waals surface area contributed by atoms with Crippen LogP contribution in [0, 0.1) is 11.3 Å². The standard InChI is InChI=1S/C22H19N3OS.C5H5N5/c1-3-19-24-18-11-7-10-17(15-12-13-23-20(14-15)27-2)21(18)22(26)25(19)16-8-5-4-6-9-16;6-1-3-2-9-5(8)10-4(3)7/h4-14H,3H2,1-2H3;2H,(H4,7,8,9,10). The fraction of sp³-hybridized carbons (Fsp3) is 0.111. The minimum atomic E-state index is -0.0406. The number of fused-ring (bicyclic) bond motifs is 1. The van der Waals surface area contributed by atoms with Gasteiger partial charge in [-0.1, -0.05) is 37.3 Å². The van der Waals surface area contributed by atoms with Crippen molar-refractivity contribution in [3.63, 3.8) is 0 Å². The average Bonchev–Trinajstić information content (AvgIpc) is 2.93. The molecule has 4 N–H and O–H groups in total. The van der Waals surface area contributed by atoms with Crippen LogP contribution in [0.2, 0.25) is 0 Å². The maximum Gasteiger partial charge on any atom is 0.266 e. The van der Waals surface area contributed by atoms with E-state index >= 15 is 0 Å². The van der Waals surface area contributed by atoms with Crippen molar-refractivity contribution in [1.82, 2.24) is 24.5 Å². The van der Waals surface area contributed by atoms with E-state index in [9.17, 15) is 4.79 Å². The molecular formula is C27H24N8OS. The van der Waals surface area contributed by atoms with Crippen LogP contribution in [0.1, 0.15) is 18.3 Å². The number of rotatable bonds is 4. The molecule has 0 saturated carbocycles. The molecule has 0 amide bonds. The number of aromatic nitrogens is 5. The van der Waals surface area contributed by atoms with Gasteiger partial charge in [0.1, 0.15) is 23.3 Å². The van der Waals surface area contributed by atoms with Crippen LogP contribution in [0.25, 0.3) is 27.7 Å². The van der Waals surface area contributed by atoms with Crippen molar-refractivity contribution in [3.8, 4) is 22.9 Å². The lowest BCUT2D eigenvalue weighted by Gasteiger charge is -2.14. The van der Waals surface area contributed by atoms with E-state index in [1.807, 2.05) is 79.9 Å². The molecule has 5 rings (SSSR count). The van der Waals surface area contributed by atoms with Crippen LogP contribution in [0.4, 0.5) is 11.8 Å². The van der Waals surface area contributed by atoms with Crippen LogP contribution in [0.3, 0.4) is 0 Å². The summed E-state index contributed by atoms with van der Waals surface area (Å²) in [6, 6.07) is 21.3. The molecule has 3 aromatic heterocycles. The number of benzene rings is 2. The van der Waals surface area contributed by atoms with Gasteiger partial charge in [-0.25, -0.2) is 15.0 Å². The van der Waals surface area contributed by atoms with Crippen molar-refractivity contribution in [2.75, 3.05) is 17.7 Å². The Hall–Kier alpha value is -4.75. The molecule has 0 bridgehead atoms. The summed E-state index contributed by atoms with van der Waals surface area (Å²) in [5.41, 5.74) is 14.1. The lowest BCUT2D eigenvalue weighted by Crippen LogP contribution is -2.24. The summed E-state index contributed by atoms with van der Waals surface area (Å²) in [4.78, 5) is 29.8. The predicted octanol–water partition coefficient (Wildman–Crippen LogP) is 4.24. The highest BCUT2D eigenvalue weighted by Gasteiger charge is 2.15. The molecule has 0 spiro atoms. The van der Waals surface area contributed by atoms with Gasteiger partial charge in [0.05, 0.1) is 27.8 Å². The van der Waals surface area contributed by atoms with Crippen molar-refractivity contribution in [3.05, 3.63) is 94.8 Å². The summed E-state index contributed by atoms with van der Waals surface area (Å²) < 4.78 is 1.72. The van der Waals surface area contributed by atoms with Gasteiger partial charge in [-0.15, -0.1) is 11.8 Å². The molecule has 0 unspecified atom stereocenters. The van der Waals surface area contributed by atoms with Gasteiger partial charge in [-0.3, -0.25) is 9.36 Å². The molecule has 0 aliphatic heterocycles. The number of hydrogen-bond donors (Lipinski definition) is 2. The second kappa shape index (κ2) is 11.3. The van der Waals surface area contributed by atoms with Crippen LogP contribution in [-0.4, -0.2) is 30.8 Å². The first-order valence-electron chi connectivity index (χ1n) is 11.3. The molecule has 9 nitrogen and oxygen atoms in total. The van der Waals surface area contributed by atoms with Crippen molar-refractivity contribution >= 4 is 34.4 Å². The van der Waals surface area contributed by atoms with E-state index in [0.29, 0.717) is 11.8 Å². The van der Waals surface area contributed by atoms with Gasteiger partial charge < -0.3 is 11.5 Å². The maximum absolute atomic E-state index is 13.6. The highest BCUT2D eigenvalue weighted by molar-refractivity contribution is 7.98. The Morgan fingerprint density at radius 1 is 1.03 bits per heavy atom. The van der Waals surface area contributed by atoms with E-state index in [2.05, 4.69) is 15.0 Å². The highest BCUT2D eigenvalue weighted by atomic mass is 32.2. The van der Waals surface area contributed by atoms with Crippen molar-refractivity contribution in [1.29, 1.82) is 5.26 Å². The molecule has 2 aromatic carbocycles. The summed E-state index contributed by atoms with van der Waals surface area (Å²) in [6.07, 6.45) is 5.74. The molecule has 0 aliphatic rings. The molecule has 37 heavy (non-hydrogen) atoms. The summed E-state index contributed by atoms with van der Waals surface area (Å²) in [7, 11) is 0. The second-order valence-electron chi connectivity index (χ2n) is 7.78. The van der Waals surface area contributed by atoms with E-state index in [-0.39, 0.29) is 22.9 Å². The molecule has 0 atom stereocenters. The number of para-hydroxylation sites is 1. The van der Waals surface area contributed by atoms with Crippen LogP contribution in [0.5, 0.6) is 0 Å². The Morgan fingerprint density at radius 3 is 2.49 bits per heavy atom. The Morgan fingerprint density at radius 2 is 1.81 bits per heavy atom.